The van der Waals surface area contributed by atoms with Gasteiger partial charge in [0.2, 0.25) is 11.8 Å². The standard InChI is InChI=1S/C23H24F4N8O2/c1-36-21-20-15(13-2-3-18-19(8-13)35(32-30-18)12-23(25,26)27)4-7-34(20)31-22(29-21)28-17-5-6-33(9-16(17)24)14-10-37-11-14/h2-4,7-8,14,16-17H,5-6,9-12H2,1H3,(H,28,31)/t16-,17+/m1/s1/i1D3. The molecule has 2 fully saturated rings. The van der Waals surface area contributed by atoms with Gasteiger partial charge in [0.1, 0.15) is 23.7 Å². The van der Waals surface area contributed by atoms with Gasteiger partial charge in [-0.15, -0.1) is 10.2 Å². The van der Waals surface area contributed by atoms with Gasteiger partial charge in [0.25, 0.3) is 0 Å². The van der Waals surface area contributed by atoms with Crippen molar-refractivity contribution in [2.45, 2.75) is 37.4 Å². The summed E-state index contributed by atoms with van der Waals surface area (Å²) in [6, 6.07) is 5.82. The zero-order valence-electron chi connectivity index (χ0n) is 22.3. The Kier molecular flexibility index (Phi) is 5.05. The molecule has 0 unspecified atom stereocenters. The largest absolute Gasteiger partial charge is 0.479 e. The van der Waals surface area contributed by atoms with Crippen LogP contribution < -0.4 is 10.1 Å². The quantitative estimate of drug-likeness (QED) is 0.386. The number of benzene rings is 1. The van der Waals surface area contributed by atoms with E-state index in [4.69, 9.17) is 13.6 Å². The van der Waals surface area contributed by atoms with Crippen molar-refractivity contribution in [2.75, 3.05) is 38.7 Å². The zero-order chi connectivity index (χ0) is 28.2. The molecule has 37 heavy (non-hydrogen) atoms. The summed E-state index contributed by atoms with van der Waals surface area (Å²) in [7, 11) is -2.87. The average molecular weight is 524 g/mol. The lowest BCUT2D eigenvalue weighted by atomic mass is 10.0. The Labute approximate surface area is 212 Å². The van der Waals surface area contributed by atoms with E-state index in [1.807, 2.05) is 4.90 Å². The van der Waals surface area contributed by atoms with Crippen LogP contribution >= 0.6 is 0 Å². The van der Waals surface area contributed by atoms with Gasteiger partial charge in [0.05, 0.1) is 42.0 Å². The molecule has 3 aromatic heterocycles. The van der Waals surface area contributed by atoms with E-state index < -0.39 is 32.0 Å². The Morgan fingerprint density at radius 2 is 2.14 bits per heavy atom. The summed E-state index contributed by atoms with van der Waals surface area (Å²) in [6.45, 7) is 0.734. The van der Waals surface area contributed by atoms with Crippen LogP contribution in [0.2, 0.25) is 0 Å². The lowest BCUT2D eigenvalue weighted by molar-refractivity contribution is -0.142. The van der Waals surface area contributed by atoms with Gasteiger partial charge in [-0.05, 0) is 30.2 Å². The maximum absolute atomic E-state index is 15.0. The summed E-state index contributed by atoms with van der Waals surface area (Å²) in [5.41, 5.74) is 1.42. The molecular weight excluding hydrogens is 496 g/mol. The van der Waals surface area contributed by atoms with E-state index >= 15 is 4.39 Å². The highest BCUT2D eigenvalue weighted by Crippen LogP contribution is 2.33. The number of ether oxygens (including phenoxy) is 2. The molecule has 0 amide bonds. The molecule has 10 nitrogen and oxygen atoms in total. The minimum Gasteiger partial charge on any atom is -0.479 e. The maximum atomic E-state index is 15.0. The van der Waals surface area contributed by atoms with E-state index in [1.165, 1.54) is 22.8 Å². The van der Waals surface area contributed by atoms with Crippen molar-refractivity contribution >= 4 is 22.5 Å². The van der Waals surface area contributed by atoms with Gasteiger partial charge in [-0.25, -0.2) is 13.6 Å². The summed E-state index contributed by atoms with van der Waals surface area (Å²) >= 11 is 0. The van der Waals surface area contributed by atoms with E-state index in [9.17, 15) is 13.2 Å². The van der Waals surface area contributed by atoms with Crippen molar-refractivity contribution in [3.05, 3.63) is 30.5 Å². The fraction of sp³-hybridized carbons (Fsp3) is 0.478. The van der Waals surface area contributed by atoms with Crippen molar-refractivity contribution < 1.29 is 31.1 Å². The number of rotatable bonds is 6. The number of methoxy groups -OCH3 is 1. The van der Waals surface area contributed by atoms with Crippen LogP contribution in [0.5, 0.6) is 5.88 Å². The van der Waals surface area contributed by atoms with E-state index in [-0.39, 0.29) is 41.0 Å². The second-order valence-corrected chi connectivity index (χ2v) is 9.17. The predicted molar refractivity (Wildman–Crippen MR) is 125 cm³/mol. The highest BCUT2D eigenvalue weighted by molar-refractivity contribution is 5.89. The number of hydrogen-bond acceptors (Lipinski definition) is 8. The predicted octanol–water partition coefficient (Wildman–Crippen LogP) is 2.94. The van der Waals surface area contributed by atoms with Crippen molar-refractivity contribution in [1.82, 2.24) is 34.5 Å². The molecule has 0 spiro atoms. The van der Waals surface area contributed by atoms with E-state index in [0.717, 1.165) is 4.68 Å². The molecule has 5 heterocycles. The third-order valence-corrected chi connectivity index (χ3v) is 6.75. The van der Waals surface area contributed by atoms with Crippen molar-refractivity contribution in [3.8, 4) is 17.0 Å². The monoisotopic (exact) mass is 523 g/mol. The van der Waals surface area contributed by atoms with Crippen LogP contribution in [-0.4, -0.2) is 92.3 Å². The molecule has 0 bridgehead atoms. The minimum atomic E-state index is -4.50. The molecule has 14 heteroatoms. The van der Waals surface area contributed by atoms with Crippen LogP contribution in [-0.2, 0) is 11.3 Å². The normalized spacial score (nSPS) is 23.0. The summed E-state index contributed by atoms with van der Waals surface area (Å²) in [4.78, 5) is 6.32. The van der Waals surface area contributed by atoms with Crippen LogP contribution in [0.25, 0.3) is 27.7 Å². The van der Waals surface area contributed by atoms with E-state index in [1.54, 1.807) is 12.1 Å². The van der Waals surface area contributed by atoms with Gasteiger partial charge in [0, 0.05) is 24.8 Å². The molecule has 0 aliphatic carbocycles. The number of aromatic nitrogens is 6. The molecule has 2 atom stereocenters. The molecule has 196 valence electrons. The van der Waals surface area contributed by atoms with Gasteiger partial charge in [-0.3, -0.25) is 4.90 Å². The maximum Gasteiger partial charge on any atom is 0.408 e. The third kappa shape index (κ3) is 4.55. The lowest BCUT2D eigenvalue weighted by Crippen LogP contribution is -2.57. The molecule has 1 N–H and O–H groups in total. The Morgan fingerprint density at radius 1 is 1.27 bits per heavy atom. The van der Waals surface area contributed by atoms with E-state index in [2.05, 4.69) is 25.7 Å². The summed E-state index contributed by atoms with van der Waals surface area (Å²) in [5, 5.41) is 14.8. The second kappa shape index (κ2) is 9.10. The van der Waals surface area contributed by atoms with Crippen LogP contribution in [0.4, 0.5) is 23.5 Å². The number of nitrogens with zero attached hydrogens (tertiary/aromatic N) is 7. The average Bonchev–Trinajstić information content (AvgIpc) is 3.42. The number of halogens is 4. The van der Waals surface area contributed by atoms with Crippen LogP contribution in [0, 0.1) is 0 Å². The minimum absolute atomic E-state index is 0.0233. The molecule has 0 saturated carbocycles. The van der Waals surface area contributed by atoms with Gasteiger partial charge in [0.15, 0.2) is 0 Å². The number of fused-ring (bicyclic) bond motifs is 2. The third-order valence-electron chi connectivity index (χ3n) is 6.75. The summed E-state index contributed by atoms with van der Waals surface area (Å²) in [5.74, 6) is -0.316. The number of alkyl halides is 4. The van der Waals surface area contributed by atoms with Gasteiger partial charge < -0.3 is 14.8 Å². The fourth-order valence-electron chi connectivity index (χ4n) is 4.80. The first-order chi connectivity index (χ1) is 18.9. The molecule has 0 radical (unpaired) electrons. The van der Waals surface area contributed by atoms with Crippen LogP contribution in [0.1, 0.15) is 10.5 Å². The molecule has 2 aliphatic rings. The molecule has 2 aliphatic heterocycles. The van der Waals surface area contributed by atoms with E-state index in [0.29, 0.717) is 37.3 Å². The SMILES string of the molecule is [2H]C([2H])([2H])Oc1nc(N[C@H]2CCN(C3COC3)C[C@H]2F)nn2ccc(-c3ccc4nnn(CC(F)(F)F)c4c3)c12. The second-order valence-electron chi connectivity index (χ2n) is 9.17. The number of piperidine rings is 1. The van der Waals surface area contributed by atoms with Gasteiger partial charge >= 0.3 is 6.18 Å². The first kappa shape index (κ1) is 20.5. The first-order valence-electron chi connectivity index (χ1n) is 13.1. The summed E-state index contributed by atoms with van der Waals surface area (Å²) < 4.78 is 89.5. The van der Waals surface area contributed by atoms with Crippen molar-refractivity contribution in [2.24, 2.45) is 0 Å². The summed E-state index contributed by atoms with van der Waals surface area (Å²) in [6.07, 6.45) is -3.71. The smallest absolute Gasteiger partial charge is 0.408 e. The molecule has 2 saturated heterocycles. The molecule has 6 rings (SSSR count). The Balaban J connectivity index is 1.34. The molecule has 1 aromatic carbocycles. The van der Waals surface area contributed by atoms with Gasteiger partial charge in [-0.1, -0.05) is 11.3 Å². The van der Waals surface area contributed by atoms with Crippen LogP contribution in [0.3, 0.4) is 0 Å². The van der Waals surface area contributed by atoms with Gasteiger partial charge in [-0.2, -0.15) is 18.2 Å². The fourth-order valence-corrected chi connectivity index (χ4v) is 4.80. The number of nitrogens with one attached hydrogen (secondary N) is 1. The highest BCUT2D eigenvalue weighted by Gasteiger charge is 2.36. The van der Waals surface area contributed by atoms with Crippen molar-refractivity contribution in [1.29, 1.82) is 0 Å². The highest BCUT2D eigenvalue weighted by atomic mass is 19.4. The number of hydrogen-bond donors (Lipinski definition) is 1. The molecule has 4 aromatic rings. The topological polar surface area (TPSA) is 94.6 Å². The lowest BCUT2D eigenvalue weighted by Gasteiger charge is -2.42. The molecular formula is C23H24F4N8O2. The first-order valence-corrected chi connectivity index (χ1v) is 11.6. The number of likely N-dealkylation sites (tertiary alicyclic amines) is 1. The Bertz CT molecular complexity index is 1540. The number of anilines is 1. The van der Waals surface area contributed by atoms with Crippen LogP contribution in [0.15, 0.2) is 30.5 Å². The Morgan fingerprint density at radius 3 is 2.86 bits per heavy atom. The Hall–Kier alpha value is -3.52. The zero-order valence-corrected chi connectivity index (χ0v) is 19.3. The van der Waals surface area contributed by atoms with Crippen molar-refractivity contribution in [3.63, 3.8) is 0 Å².